The van der Waals surface area contributed by atoms with Crippen LogP contribution in [0.5, 0.6) is 0 Å². The molecule has 0 spiro atoms. The number of carbonyl (C=O) groups excluding carboxylic acids is 2. The van der Waals surface area contributed by atoms with Crippen LogP contribution in [-0.4, -0.2) is 42.0 Å². The highest BCUT2D eigenvalue weighted by Gasteiger charge is 2.38. The number of likely N-dealkylation sites (tertiary alicyclic amines) is 1. The van der Waals surface area contributed by atoms with E-state index in [0.29, 0.717) is 12.5 Å². The van der Waals surface area contributed by atoms with Gasteiger partial charge in [0.2, 0.25) is 5.91 Å². The van der Waals surface area contributed by atoms with E-state index in [1.807, 2.05) is 0 Å². The van der Waals surface area contributed by atoms with Crippen molar-refractivity contribution < 1.29 is 14.3 Å². The second kappa shape index (κ2) is 6.37. The van der Waals surface area contributed by atoms with Crippen LogP contribution in [0.4, 0.5) is 0 Å². The van der Waals surface area contributed by atoms with E-state index in [0.717, 1.165) is 32.1 Å². The Bertz CT molecular complexity index is 346. The first-order valence-electron chi connectivity index (χ1n) is 7.35. The number of fused-ring (bicyclic) bond motifs is 1. The van der Waals surface area contributed by atoms with Gasteiger partial charge in [0.05, 0.1) is 12.6 Å². The second-order valence-electron chi connectivity index (χ2n) is 5.57. The number of nitrogens with zero attached hydrogens (tertiary/aromatic N) is 1. The maximum Gasteiger partial charge on any atom is 0.325 e. The number of rotatable bonds is 3. The minimum absolute atomic E-state index is 0.0571. The smallest absolute Gasteiger partial charge is 0.325 e. The van der Waals surface area contributed by atoms with Crippen LogP contribution in [0.2, 0.25) is 0 Å². The van der Waals surface area contributed by atoms with Crippen molar-refractivity contribution in [2.75, 3.05) is 13.2 Å². The summed E-state index contributed by atoms with van der Waals surface area (Å²) >= 11 is 0. The van der Waals surface area contributed by atoms with Crippen molar-refractivity contribution in [2.45, 2.75) is 57.5 Å². The van der Waals surface area contributed by atoms with Gasteiger partial charge in [-0.2, -0.15) is 0 Å². The first-order valence-corrected chi connectivity index (χ1v) is 7.35. The van der Waals surface area contributed by atoms with Gasteiger partial charge >= 0.3 is 5.97 Å². The van der Waals surface area contributed by atoms with Crippen molar-refractivity contribution in [2.24, 2.45) is 11.7 Å². The highest BCUT2D eigenvalue weighted by atomic mass is 16.5. The van der Waals surface area contributed by atoms with E-state index in [1.165, 1.54) is 6.42 Å². The van der Waals surface area contributed by atoms with E-state index >= 15 is 0 Å². The standard InChI is InChI=1S/C14H24N2O3/c1-2-19-13(17)9-16-12-6-4-3-5-10(12)7-8-11(15)14(16)18/h10-12H,2-9,15H2,1H3. The number of carbonyl (C=O) groups is 2. The second-order valence-corrected chi connectivity index (χ2v) is 5.57. The molecule has 5 heteroatoms. The first kappa shape index (κ1) is 14.3. The van der Waals surface area contributed by atoms with Crippen molar-refractivity contribution >= 4 is 11.9 Å². The molecule has 19 heavy (non-hydrogen) atoms. The molecule has 1 saturated heterocycles. The zero-order valence-corrected chi connectivity index (χ0v) is 11.6. The average molecular weight is 268 g/mol. The first-order chi connectivity index (χ1) is 9.13. The molecule has 2 aliphatic rings. The Morgan fingerprint density at radius 3 is 2.79 bits per heavy atom. The van der Waals surface area contributed by atoms with Crippen LogP contribution in [0.25, 0.3) is 0 Å². The lowest BCUT2D eigenvalue weighted by molar-refractivity contribution is -0.151. The molecule has 1 amide bonds. The number of hydrogen-bond donors (Lipinski definition) is 1. The van der Waals surface area contributed by atoms with Gasteiger partial charge in [-0.15, -0.1) is 0 Å². The van der Waals surface area contributed by atoms with Crippen molar-refractivity contribution in [3.63, 3.8) is 0 Å². The van der Waals surface area contributed by atoms with E-state index in [-0.39, 0.29) is 24.5 Å². The van der Waals surface area contributed by atoms with Gasteiger partial charge in [0.25, 0.3) is 0 Å². The zero-order valence-electron chi connectivity index (χ0n) is 11.6. The van der Waals surface area contributed by atoms with Gasteiger partial charge in [-0.3, -0.25) is 9.59 Å². The lowest BCUT2D eigenvalue weighted by Crippen LogP contribution is -2.51. The van der Waals surface area contributed by atoms with Crippen LogP contribution in [-0.2, 0) is 14.3 Å². The van der Waals surface area contributed by atoms with E-state index in [2.05, 4.69) is 0 Å². The molecule has 3 unspecified atom stereocenters. The lowest BCUT2D eigenvalue weighted by Gasteiger charge is -2.37. The van der Waals surface area contributed by atoms with Gasteiger partial charge in [0.1, 0.15) is 6.54 Å². The fourth-order valence-corrected chi connectivity index (χ4v) is 3.37. The van der Waals surface area contributed by atoms with Crippen LogP contribution in [0.1, 0.15) is 45.4 Å². The molecule has 3 atom stereocenters. The highest BCUT2D eigenvalue weighted by Crippen LogP contribution is 2.34. The van der Waals surface area contributed by atoms with Crippen LogP contribution in [0.3, 0.4) is 0 Å². The summed E-state index contributed by atoms with van der Waals surface area (Å²) < 4.78 is 4.98. The van der Waals surface area contributed by atoms with Crippen LogP contribution in [0, 0.1) is 5.92 Å². The molecule has 2 rings (SSSR count). The van der Waals surface area contributed by atoms with Crippen molar-refractivity contribution in [1.82, 2.24) is 4.90 Å². The molecule has 108 valence electrons. The molecule has 1 aliphatic carbocycles. The Hall–Kier alpha value is -1.10. The number of nitrogens with two attached hydrogens (primary N) is 1. The fourth-order valence-electron chi connectivity index (χ4n) is 3.37. The number of amides is 1. The third kappa shape index (κ3) is 3.26. The van der Waals surface area contributed by atoms with Gasteiger partial charge in [-0.1, -0.05) is 12.8 Å². The lowest BCUT2D eigenvalue weighted by atomic mass is 9.81. The summed E-state index contributed by atoms with van der Waals surface area (Å²) in [4.78, 5) is 25.7. The molecular formula is C14H24N2O3. The predicted octanol–water partition coefficient (Wildman–Crippen LogP) is 1.06. The van der Waals surface area contributed by atoms with Crippen molar-refractivity contribution in [1.29, 1.82) is 0 Å². The Morgan fingerprint density at radius 1 is 1.32 bits per heavy atom. The third-order valence-electron chi connectivity index (χ3n) is 4.32. The van der Waals surface area contributed by atoms with E-state index < -0.39 is 6.04 Å². The molecule has 0 aromatic rings. The fraction of sp³-hybridized carbons (Fsp3) is 0.857. The molecule has 0 bridgehead atoms. The van der Waals surface area contributed by atoms with Crippen LogP contribution < -0.4 is 5.73 Å². The van der Waals surface area contributed by atoms with E-state index in [4.69, 9.17) is 10.5 Å². The monoisotopic (exact) mass is 268 g/mol. The number of ether oxygens (including phenoxy) is 1. The average Bonchev–Trinajstić information content (AvgIpc) is 2.52. The number of hydrogen-bond acceptors (Lipinski definition) is 4. The Kier molecular flexibility index (Phi) is 4.80. The molecule has 1 aliphatic heterocycles. The van der Waals surface area contributed by atoms with Gasteiger partial charge in [0, 0.05) is 6.04 Å². The quantitative estimate of drug-likeness (QED) is 0.777. The molecule has 1 heterocycles. The maximum atomic E-state index is 12.3. The summed E-state index contributed by atoms with van der Waals surface area (Å²) in [5, 5.41) is 0. The summed E-state index contributed by atoms with van der Waals surface area (Å²) in [5.74, 6) is 0.0948. The Labute approximate surface area is 114 Å². The van der Waals surface area contributed by atoms with Crippen molar-refractivity contribution in [3.05, 3.63) is 0 Å². The molecule has 2 N–H and O–H groups in total. The normalized spacial score (nSPS) is 31.6. The molecule has 2 fully saturated rings. The number of esters is 1. The van der Waals surface area contributed by atoms with E-state index in [1.54, 1.807) is 11.8 Å². The topological polar surface area (TPSA) is 72.6 Å². The van der Waals surface area contributed by atoms with Crippen LogP contribution in [0.15, 0.2) is 0 Å². The minimum Gasteiger partial charge on any atom is -0.465 e. The third-order valence-corrected chi connectivity index (χ3v) is 4.32. The summed E-state index contributed by atoms with van der Waals surface area (Å²) in [7, 11) is 0. The molecule has 0 radical (unpaired) electrons. The largest absolute Gasteiger partial charge is 0.465 e. The Morgan fingerprint density at radius 2 is 2.05 bits per heavy atom. The summed E-state index contributed by atoms with van der Waals surface area (Å²) in [6.45, 7) is 2.18. The van der Waals surface area contributed by atoms with Gasteiger partial charge in [-0.25, -0.2) is 0 Å². The molecule has 5 nitrogen and oxygen atoms in total. The molecule has 0 aromatic carbocycles. The zero-order chi connectivity index (χ0) is 13.8. The molecule has 1 saturated carbocycles. The minimum atomic E-state index is -0.458. The maximum absolute atomic E-state index is 12.3. The summed E-state index contributed by atoms with van der Waals surface area (Å²) in [6, 6.07) is -0.278. The van der Waals surface area contributed by atoms with Gasteiger partial charge in [-0.05, 0) is 38.5 Å². The highest BCUT2D eigenvalue weighted by molar-refractivity contribution is 5.86. The SMILES string of the molecule is CCOC(=O)CN1C(=O)C(N)CCC2CCCCC21. The van der Waals surface area contributed by atoms with Crippen molar-refractivity contribution in [3.8, 4) is 0 Å². The molecule has 0 aromatic heterocycles. The summed E-state index contributed by atoms with van der Waals surface area (Å²) in [6.07, 6.45) is 6.21. The summed E-state index contributed by atoms with van der Waals surface area (Å²) in [5.41, 5.74) is 5.93. The Balaban J connectivity index is 2.12. The van der Waals surface area contributed by atoms with Gasteiger partial charge in [0.15, 0.2) is 0 Å². The van der Waals surface area contributed by atoms with Gasteiger partial charge < -0.3 is 15.4 Å². The van der Waals surface area contributed by atoms with E-state index in [9.17, 15) is 9.59 Å². The predicted molar refractivity (Wildman–Crippen MR) is 71.3 cm³/mol. The van der Waals surface area contributed by atoms with Crippen LogP contribution >= 0.6 is 0 Å². The molecular weight excluding hydrogens is 244 g/mol.